The predicted octanol–water partition coefficient (Wildman–Crippen LogP) is 6.91. The fourth-order valence-electron chi connectivity index (χ4n) is 5.56. The van der Waals surface area contributed by atoms with Crippen LogP contribution in [-0.4, -0.2) is 44.1 Å². The summed E-state index contributed by atoms with van der Waals surface area (Å²) in [7, 11) is 0. The zero-order valence-electron chi connectivity index (χ0n) is 25.0. The van der Waals surface area contributed by atoms with Crippen molar-refractivity contribution in [1.82, 2.24) is 24.2 Å². The van der Waals surface area contributed by atoms with Crippen molar-refractivity contribution < 1.29 is 14.2 Å². The number of ether oxygens (including phenoxy) is 3. The molecule has 8 nitrogen and oxygen atoms in total. The van der Waals surface area contributed by atoms with Gasteiger partial charge in [0.1, 0.15) is 19.0 Å². The van der Waals surface area contributed by atoms with Gasteiger partial charge in [0, 0.05) is 44.1 Å². The van der Waals surface area contributed by atoms with Crippen molar-refractivity contribution in [2.24, 2.45) is 0 Å². The lowest BCUT2D eigenvalue weighted by Gasteiger charge is -2.26. The Morgan fingerprint density at radius 2 is 1.65 bits per heavy atom. The number of aromatic nitrogens is 4. The molecule has 0 radical (unpaired) electrons. The van der Waals surface area contributed by atoms with E-state index in [0.29, 0.717) is 26.4 Å². The first-order valence-corrected chi connectivity index (χ1v) is 15.2. The molecule has 0 N–H and O–H groups in total. The molecule has 0 saturated heterocycles. The van der Waals surface area contributed by atoms with Crippen LogP contribution in [0, 0.1) is 0 Å². The van der Waals surface area contributed by atoms with Gasteiger partial charge < -0.3 is 18.8 Å². The zero-order chi connectivity index (χ0) is 29.4. The molecule has 3 heterocycles. The van der Waals surface area contributed by atoms with E-state index in [9.17, 15) is 0 Å². The van der Waals surface area contributed by atoms with Gasteiger partial charge in [-0.05, 0) is 54.8 Å². The summed E-state index contributed by atoms with van der Waals surface area (Å²) in [5.74, 6) is 3.34. The molecule has 6 rings (SSSR count). The van der Waals surface area contributed by atoms with Gasteiger partial charge in [-0.1, -0.05) is 61.9 Å². The predicted molar refractivity (Wildman–Crippen MR) is 168 cm³/mol. The maximum Gasteiger partial charge on any atom is 0.231 e. The van der Waals surface area contributed by atoms with Crippen LogP contribution in [-0.2, 0) is 26.2 Å². The summed E-state index contributed by atoms with van der Waals surface area (Å²) in [5, 5.41) is 4.57. The first-order valence-electron chi connectivity index (χ1n) is 15.2. The number of benzene rings is 3. The molecule has 0 unspecified atom stereocenters. The Morgan fingerprint density at radius 3 is 2.42 bits per heavy atom. The lowest BCUT2D eigenvalue weighted by atomic mass is 10.1. The fourth-order valence-corrected chi connectivity index (χ4v) is 5.56. The van der Waals surface area contributed by atoms with Crippen molar-refractivity contribution in [2.75, 3.05) is 19.8 Å². The van der Waals surface area contributed by atoms with E-state index < -0.39 is 0 Å². The Kier molecular flexibility index (Phi) is 9.04. The second-order valence-corrected chi connectivity index (χ2v) is 10.7. The third-order valence-corrected chi connectivity index (χ3v) is 7.55. The van der Waals surface area contributed by atoms with E-state index in [1.165, 1.54) is 16.8 Å². The topological polar surface area (TPSA) is 66.6 Å². The molecule has 1 aliphatic heterocycles. The molecular weight excluding hydrogens is 538 g/mol. The van der Waals surface area contributed by atoms with Gasteiger partial charge in [-0.25, -0.2) is 9.67 Å². The molecule has 5 aromatic rings. The SMILES string of the molecule is CCCCn1c(-n2cccn2)nc(-c2ccccc2)c1CN(Cc1cccc(OCC)c1)Cc1ccc2c(c1)OCCO2. The van der Waals surface area contributed by atoms with Gasteiger partial charge in [-0.2, -0.15) is 5.10 Å². The van der Waals surface area contributed by atoms with Crippen molar-refractivity contribution in [1.29, 1.82) is 0 Å². The monoisotopic (exact) mass is 577 g/mol. The van der Waals surface area contributed by atoms with Gasteiger partial charge in [0.15, 0.2) is 11.5 Å². The number of fused-ring (bicyclic) bond motifs is 1. The van der Waals surface area contributed by atoms with Crippen LogP contribution < -0.4 is 14.2 Å². The molecule has 0 aliphatic carbocycles. The maximum absolute atomic E-state index is 5.93. The minimum atomic E-state index is 0.567. The highest BCUT2D eigenvalue weighted by atomic mass is 16.6. The molecule has 3 aromatic carbocycles. The summed E-state index contributed by atoms with van der Waals surface area (Å²) < 4.78 is 21.8. The molecule has 0 saturated carbocycles. The van der Waals surface area contributed by atoms with Crippen LogP contribution in [0.1, 0.15) is 43.5 Å². The summed E-state index contributed by atoms with van der Waals surface area (Å²) in [6.45, 7) is 9.03. The smallest absolute Gasteiger partial charge is 0.231 e. The average Bonchev–Trinajstić information content (AvgIpc) is 3.69. The number of nitrogens with zero attached hydrogens (tertiary/aromatic N) is 5. The minimum Gasteiger partial charge on any atom is -0.494 e. The lowest BCUT2D eigenvalue weighted by Crippen LogP contribution is -2.25. The Morgan fingerprint density at radius 1 is 0.837 bits per heavy atom. The molecule has 0 amide bonds. The van der Waals surface area contributed by atoms with Crippen LogP contribution >= 0.6 is 0 Å². The zero-order valence-corrected chi connectivity index (χ0v) is 25.0. The Bertz CT molecular complexity index is 1610. The largest absolute Gasteiger partial charge is 0.494 e. The first-order chi connectivity index (χ1) is 21.2. The number of hydrogen-bond acceptors (Lipinski definition) is 6. The van der Waals surface area contributed by atoms with Crippen molar-refractivity contribution in [3.05, 3.63) is 108 Å². The van der Waals surface area contributed by atoms with E-state index >= 15 is 0 Å². The van der Waals surface area contributed by atoms with E-state index in [-0.39, 0.29) is 0 Å². The molecule has 43 heavy (non-hydrogen) atoms. The van der Waals surface area contributed by atoms with Crippen LogP contribution in [0.3, 0.4) is 0 Å². The van der Waals surface area contributed by atoms with Gasteiger partial charge in [0.05, 0.1) is 18.0 Å². The average molecular weight is 578 g/mol. The Balaban J connectivity index is 1.42. The fraction of sp³-hybridized carbons (Fsp3) is 0.314. The second kappa shape index (κ2) is 13.6. The molecule has 0 spiro atoms. The van der Waals surface area contributed by atoms with Crippen molar-refractivity contribution in [3.8, 4) is 34.5 Å². The molecule has 1 aliphatic rings. The summed E-state index contributed by atoms with van der Waals surface area (Å²) in [6, 6.07) is 27.1. The van der Waals surface area contributed by atoms with Gasteiger partial charge in [-0.15, -0.1) is 0 Å². The first kappa shape index (κ1) is 28.6. The van der Waals surface area contributed by atoms with E-state index in [2.05, 4.69) is 76.1 Å². The standard InChI is InChI=1S/C35H39N5O3/c1-3-5-18-39-31(34(29-12-7-6-8-13-29)37-35(39)40-19-10-17-36-40)26-38(24-27-11-9-14-30(22-27)41-4-2)25-28-15-16-32-33(23-28)43-21-20-42-32/h6-17,19,22-23H,3-5,18,20-21,24-26H2,1-2H3. The van der Waals surface area contributed by atoms with Crippen molar-refractivity contribution in [2.45, 2.75) is 52.9 Å². The van der Waals surface area contributed by atoms with E-state index in [4.69, 9.17) is 19.2 Å². The van der Waals surface area contributed by atoms with Crippen LogP contribution in [0.15, 0.2) is 91.3 Å². The quantitative estimate of drug-likeness (QED) is 0.152. The normalized spacial score (nSPS) is 12.5. The highest BCUT2D eigenvalue weighted by Gasteiger charge is 2.23. The minimum absolute atomic E-state index is 0.567. The third kappa shape index (κ3) is 6.75. The molecule has 8 heteroatoms. The number of hydrogen-bond donors (Lipinski definition) is 0. The van der Waals surface area contributed by atoms with Crippen LogP contribution in [0.5, 0.6) is 17.2 Å². The van der Waals surface area contributed by atoms with Crippen molar-refractivity contribution >= 4 is 0 Å². The molecule has 0 atom stereocenters. The Hall–Kier alpha value is -4.56. The number of rotatable bonds is 13. The van der Waals surface area contributed by atoms with Gasteiger partial charge in [-0.3, -0.25) is 4.90 Å². The molecule has 222 valence electrons. The van der Waals surface area contributed by atoms with Gasteiger partial charge in [0.25, 0.3) is 0 Å². The van der Waals surface area contributed by atoms with Gasteiger partial charge >= 0.3 is 0 Å². The molecule has 2 aromatic heterocycles. The second-order valence-electron chi connectivity index (χ2n) is 10.7. The van der Waals surface area contributed by atoms with E-state index in [1.54, 1.807) is 6.20 Å². The third-order valence-electron chi connectivity index (χ3n) is 7.55. The Labute approximate surface area is 253 Å². The van der Waals surface area contributed by atoms with Crippen LogP contribution in [0.25, 0.3) is 17.2 Å². The van der Waals surface area contributed by atoms with Crippen molar-refractivity contribution in [3.63, 3.8) is 0 Å². The molecule has 0 fully saturated rings. The lowest BCUT2D eigenvalue weighted by molar-refractivity contribution is 0.170. The highest BCUT2D eigenvalue weighted by Crippen LogP contribution is 2.33. The van der Waals surface area contributed by atoms with Crippen LogP contribution in [0.4, 0.5) is 0 Å². The summed E-state index contributed by atoms with van der Waals surface area (Å²) in [6.07, 6.45) is 5.90. The maximum atomic E-state index is 5.93. The summed E-state index contributed by atoms with van der Waals surface area (Å²) >= 11 is 0. The highest BCUT2D eigenvalue weighted by molar-refractivity contribution is 5.63. The summed E-state index contributed by atoms with van der Waals surface area (Å²) in [4.78, 5) is 7.69. The van der Waals surface area contributed by atoms with Gasteiger partial charge in [0.2, 0.25) is 5.95 Å². The van der Waals surface area contributed by atoms with E-state index in [1.807, 2.05) is 42.1 Å². The molecular formula is C35H39N5O3. The van der Waals surface area contributed by atoms with Crippen LogP contribution in [0.2, 0.25) is 0 Å². The number of imidazole rings is 1. The number of unbranched alkanes of at least 4 members (excludes halogenated alkanes) is 1. The summed E-state index contributed by atoms with van der Waals surface area (Å²) in [5.41, 5.74) is 5.61. The molecule has 0 bridgehead atoms. The van der Waals surface area contributed by atoms with E-state index in [0.717, 1.165) is 66.9 Å².